The van der Waals surface area contributed by atoms with E-state index in [9.17, 15) is 22.8 Å². The van der Waals surface area contributed by atoms with E-state index in [1.54, 1.807) is 25.1 Å². The maximum Gasteiger partial charge on any atom is 0.416 e. The zero-order chi connectivity index (χ0) is 24.5. The lowest BCUT2D eigenvalue weighted by Crippen LogP contribution is -2.28. The van der Waals surface area contributed by atoms with Gasteiger partial charge in [-0.2, -0.15) is 13.2 Å². The standard InChI is InChI=1S/C25H22F3NO4S/c1-14(16-5-7-17(8-6-16)24(31)32)29-23(30)22-19-9-10-33-13-21(19)34-20(22)12-15-3-2-4-18(11-15)25(26,27)28/h2-8,11,14H,9-10,12-13H2,1H3,(H,29,30)(H,31,32)/t14-/m0/s1. The lowest BCUT2D eigenvalue weighted by molar-refractivity contribution is -0.137. The Labute approximate surface area is 198 Å². The molecule has 0 aliphatic carbocycles. The van der Waals surface area contributed by atoms with Gasteiger partial charge in [0.1, 0.15) is 0 Å². The maximum atomic E-state index is 13.4. The summed E-state index contributed by atoms with van der Waals surface area (Å²) in [7, 11) is 0. The highest BCUT2D eigenvalue weighted by Crippen LogP contribution is 2.35. The number of aromatic carboxylic acids is 1. The van der Waals surface area contributed by atoms with Crippen LogP contribution >= 0.6 is 11.3 Å². The van der Waals surface area contributed by atoms with E-state index in [2.05, 4.69) is 5.32 Å². The summed E-state index contributed by atoms with van der Waals surface area (Å²) >= 11 is 1.39. The van der Waals surface area contributed by atoms with Crippen molar-refractivity contribution in [3.63, 3.8) is 0 Å². The molecule has 1 amide bonds. The van der Waals surface area contributed by atoms with E-state index < -0.39 is 23.8 Å². The minimum absolute atomic E-state index is 0.151. The topological polar surface area (TPSA) is 75.6 Å². The van der Waals surface area contributed by atoms with E-state index in [1.807, 2.05) is 0 Å². The first-order valence-corrected chi connectivity index (χ1v) is 11.5. The quantitative estimate of drug-likeness (QED) is 0.471. The summed E-state index contributed by atoms with van der Waals surface area (Å²) in [6.07, 6.45) is -3.69. The number of halogens is 3. The molecule has 1 aliphatic rings. The highest BCUT2D eigenvalue weighted by molar-refractivity contribution is 7.12. The molecule has 178 valence electrons. The van der Waals surface area contributed by atoms with E-state index in [-0.39, 0.29) is 17.9 Å². The molecule has 0 radical (unpaired) electrons. The van der Waals surface area contributed by atoms with E-state index in [0.29, 0.717) is 35.6 Å². The van der Waals surface area contributed by atoms with Gasteiger partial charge in [0.15, 0.2) is 0 Å². The minimum atomic E-state index is -4.44. The molecule has 1 aromatic heterocycles. The van der Waals surface area contributed by atoms with Crippen LogP contribution in [0.5, 0.6) is 0 Å². The van der Waals surface area contributed by atoms with Crippen LogP contribution in [-0.4, -0.2) is 23.6 Å². The molecule has 0 fully saturated rings. The lowest BCUT2D eigenvalue weighted by atomic mass is 9.98. The third-order valence-electron chi connectivity index (χ3n) is 5.74. The Bertz CT molecular complexity index is 1220. The Morgan fingerprint density at radius 1 is 1.18 bits per heavy atom. The third kappa shape index (κ3) is 5.15. The van der Waals surface area contributed by atoms with Gasteiger partial charge in [0.25, 0.3) is 5.91 Å². The minimum Gasteiger partial charge on any atom is -0.478 e. The number of hydrogen-bond acceptors (Lipinski definition) is 4. The van der Waals surface area contributed by atoms with Crippen LogP contribution in [0.25, 0.3) is 0 Å². The summed E-state index contributed by atoms with van der Waals surface area (Å²) in [4.78, 5) is 26.0. The zero-order valence-corrected chi connectivity index (χ0v) is 19.1. The molecule has 0 bridgehead atoms. The molecule has 34 heavy (non-hydrogen) atoms. The number of carbonyl (C=O) groups is 2. The van der Waals surface area contributed by atoms with Gasteiger partial charge in [-0.15, -0.1) is 11.3 Å². The fourth-order valence-electron chi connectivity index (χ4n) is 3.99. The van der Waals surface area contributed by atoms with Crippen molar-refractivity contribution in [3.05, 3.63) is 91.7 Å². The summed E-state index contributed by atoms with van der Waals surface area (Å²) in [6, 6.07) is 11.0. The van der Waals surface area contributed by atoms with Gasteiger partial charge in [-0.3, -0.25) is 4.79 Å². The Kier molecular flexibility index (Phi) is 6.77. The number of benzene rings is 2. The average molecular weight is 490 g/mol. The average Bonchev–Trinajstić information content (AvgIpc) is 3.16. The zero-order valence-electron chi connectivity index (χ0n) is 18.2. The Balaban J connectivity index is 1.61. The maximum absolute atomic E-state index is 13.4. The van der Waals surface area contributed by atoms with Crippen LogP contribution < -0.4 is 5.32 Å². The number of alkyl halides is 3. The van der Waals surface area contributed by atoms with Crippen molar-refractivity contribution in [2.45, 2.75) is 38.6 Å². The fourth-order valence-corrected chi connectivity index (χ4v) is 5.31. The van der Waals surface area contributed by atoms with E-state index >= 15 is 0 Å². The lowest BCUT2D eigenvalue weighted by Gasteiger charge is -2.18. The van der Waals surface area contributed by atoms with Crippen LogP contribution in [0, 0.1) is 0 Å². The Morgan fingerprint density at radius 2 is 1.91 bits per heavy atom. The van der Waals surface area contributed by atoms with Gasteiger partial charge in [0.2, 0.25) is 0 Å². The number of rotatable bonds is 6. The molecule has 1 atom stereocenters. The van der Waals surface area contributed by atoms with Gasteiger partial charge in [0.05, 0.1) is 35.9 Å². The van der Waals surface area contributed by atoms with Gasteiger partial charge in [0, 0.05) is 16.2 Å². The third-order valence-corrected chi connectivity index (χ3v) is 6.95. The van der Waals surface area contributed by atoms with Crippen LogP contribution in [0.15, 0.2) is 48.5 Å². The molecule has 0 saturated carbocycles. The Morgan fingerprint density at radius 3 is 2.59 bits per heavy atom. The van der Waals surface area contributed by atoms with E-state index in [1.165, 1.54) is 29.5 Å². The van der Waals surface area contributed by atoms with Crippen molar-refractivity contribution in [2.24, 2.45) is 0 Å². The van der Waals surface area contributed by atoms with Gasteiger partial charge in [-0.1, -0.05) is 30.3 Å². The highest BCUT2D eigenvalue weighted by atomic mass is 32.1. The second kappa shape index (κ2) is 9.60. The predicted octanol–water partition coefficient (Wildman–Crippen LogP) is 5.62. The smallest absolute Gasteiger partial charge is 0.416 e. The van der Waals surface area contributed by atoms with Gasteiger partial charge in [-0.05, 0) is 48.2 Å². The number of thiophene rings is 1. The van der Waals surface area contributed by atoms with E-state index in [0.717, 1.165) is 28.1 Å². The summed E-state index contributed by atoms with van der Waals surface area (Å²) in [5.74, 6) is -1.34. The normalized spacial score (nSPS) is 14.4. The molecule has 9 heteroatoms. The molecule has 5 nitrogen and oxygen atoms in total. The number of fused-ring (bicyclic) bond motifs is 1. The van der Waals surface area contributed by atoms with Crippen LogP contribution in [0.2, 0.25) is 0 Å². The SMILES string of the molecule is C[C@H](NC(=O)c1c(Cc2cccc(C(F)(F)F)c2)sc2c1CCOC2)c1ccc(C(=O)O)cc1. The van der Waals surface area contributed by atoms with Crippen LogP contribution in [0.3, 0.4) is 0 Å². The largest absolute Gasteiger partial charge is 0.478 e. The number of carbonyl (C=O) groups excluding carboxylic acids is 1. The van der Waals surface area contributed by atoms with Crippen LogP contribution in [-0.2, 0) is 30.4 Å². The van der Waals surface area contributed by atoms with E-state index in [4.69, 9.17) is 9.84 Å². The van der Waals surface area contributed by atoms with Crippen molar-refractivity contribution in [1.29, 1.82) is 0 Å². The molecule has 2 aromatic carbocycles. The molecule has 0 spiro atoms. The van der Waals surface area contributed by atoms with Crippen molar-refractivity contribution in [2.75, 3.05) is 6.61 Å². The molecular weight excluding hydrogens is 467 g/mol. The second-order valence-electron chi connectivity index (χ2n) is 8.10. The molecular formula is C25H22F3NO4S. The predicted molar refractivity (Wildman–Crippen MR) is 121 cm³/mol. The van der Waals surface area contributed by atoms with Crippen molar-refractivity contribution in [3.8, 4) is 0 Å². The highest BCUT2D eigenvalue weighted by Gasteiger charge is 2.31. The molecule has 1 aliphatic heterocycles. The van der Waals surface area contributed by atoms with Crippen molar-refractivity contribution in [1.82, 2.24) is 5.32 Å². The second-order valence-corrected chi connectivity index (χ2v) is 9.29. The van der Waals surface area contributed by atoms with Crippen LogP contribution in [0.1, 0.15) is 65.7 Å². The number of hydrogen-bond donors (Lipinski definition) is 2. The summed E-state index contributed by atoms with van der Waals surface area (Å²) < 4.78 is 45.0. The van der Waals surface area contributed by atoms with Gasteiger partial charge >= 0.3 is 12.1 Å². The first-order chi connectivity index (χ1) is 16.1. The van der Waals surface area contributed by atoms with Gasteiger partial charge in [-0.25, -0.2) is 4.79 Å². The molecule has 2 heterocycles. The van der Waals surface area contributed by atoms with Crippen molar-refractivity contribution >= 4 is 23.2 Å². The number of carboxylic acid groups (broad SMARTS) is 1. The summed E-state index contributed by atoms with van der Waals surface area (Å²) in [5, 5.41) is 12.0. The monoisotopic (exact) mass is 489 g/mol. The fraction of sp³-hybridized carbons (Fsp3) is 0.280. The Hall–Kier alpha value is -3.17. The molecule has 4 rings (SSSR count). The van der Waals surface area contributed by atoms with Gasteiger partial charge < -0.3 is 15.2 Å². The first kappa shape index (κ1) is 24.0. The number of amides is 1. The number of carboxylic acids is 1. The summed E-state index contributed by atoms with van der Waals surface area (Å²) in [6.45, 7) is 2.64. The first-order valence-electron chi connectivity index (χ1n) is 10.6. The van der Waals surface area contributed by atoms with Crippen molar-refractivity contribution < 1.29 is 32.6 Å². The summed E-state index contributed by atoms with van der Waals surface area (Å²) in [5.41, 5.74) is 2.02. The van der Waals surface area contributed by atoms with Crippen LogP contribution in [0.4, 0.5) is 13.2 Å². The molecule has 2 N–H and O–H groups in total. The molecule has 0 saturated heterocycles. The number of nitrogens with one attached hydrogen (secondary N) is 1. The number of ether oxygens (including phenoxy) is 1. The molecule has 3 aromatic rings. The molecule has 0 unspecified atom stereocenters.